The van der Waals surface area contributed by atoms with Gasteiger partial charge in [-0.1, -0.05) is 54.9 Å². The van der Waals surface area contributed by atoms with Crippen molar-refractivity contribution in [1.29, 1.82) is 0 Å². The van der Waals surface area contributed by atoms with E-state index in [1.54, 1.807) is 27.7 Å². The summed E-state index contributed by atoms with van der Waals surface area (Å²) in [7, 11) is 0. The first kappa shape index (κ1) is 17.0. The summed E-state index contributed by atoms with van der Waals surface area (Å²) in [5, 5.41) is 10.5. The maximum atomic E-state index is 11.8. The minimum absolute atomic E-state index is 0.135. The molecule has 1 N–H and O–H groups in total. The molecule has 24 heavy (non-hydrogen) atoms. The van der Waals surface area contributed by atoms with E-state index >= 15 is 0 Å². The highest BCUT2D eigenvalue weighted by molar-refractivity contribution is 7.98. The lowest BCUT2D eigenvalue weighted by molar-refractivity contribution is 0.573. The van der Waals surface area contributed by atoms with E-state index in [2.05, 4.69) is 53.7 Å². The molecule has 0 aliphatic heterocycles. The average molecular weight is 361 g/mol. The number of hydrogen-bond acceptors (Lipinski definition) is 5. The van der Waals surface area contributed by atoms with E-state index in [4.69, 9.17) is 4.98 Å². The molecular weight excluding hydrogens is 340 g/mol. The highest BCUT2D eigenvalue weighted by Gasteiger charge is 2.10. The van der Waals surface area contributed by atoms with E-state index in [1.165, 1.54) is 5.56 Å². The van der Waals surface area contributed by atoms with Crippen molar-refractivity contribution in [2.75, 3.05) is 0 Å². The van der Waals surface area contributed by atoms with Crippen molar-refractivity contribution in [3.05, 3.63) is 51.4 Å². The zero-order valence-electron chi connectivity index (χ0n) is 13.8. The van der Waals surface area contributed by atoms with Crippen molar-refractivity contribution in [3.63, 3.8) is 0 Å². The van der Waals surface area contributed by atoms with Crippen molar-refractivity contribution in [3.8, 4) is 10.6 Å². The number of benzene rings is 1. The van der Waals surface area contributed by atoms with E-state index < -0.39 is 0 Å². The van der Waals surface area contributed by atoms with Gasteiger partial charge >= 0.3 is 5.69 Å². The summed E-state index contributed by atoms with van der Waals surface area (Å²) < 4.78 is 1.71. The monoisotopic (exact) mass is 360 g/mol. The predicted molar refractivity (Wildman–Crippen MR) is 99.6 cm³/mol. The van der Waals surface area contributed by atoms with Gasteiger partial charge in [-0.3, -0.25) is 4.57 Å². The summed E-state index contributed by atoms with van der Waals surface area (Å²) in [6, 6.07) is 8.39. The number of unbranched alkanes of at least 4 members (excludes halogenated alkanes) is 1. The molecule has 0 aliphatic carbocycles. The lowest BCUT2D eigenvalue weighted by atomic mass is 10.2. The van der Waals surface area contributed by atoms with Crippen molar-refractivity contribution in [1.82, 2.24) is 19.7 Å². The van der Waals surface area contributed by atoms with Crippen LogP contribution in [0.3, 0.4) is 0 Å². The molecule has 3 rings (SSSR count). The fourth-order valence-electron chi connectivity index (χ4n) is 2.27. The zero-order chi connectivity index (χ0) is 16.9. The first-order valence-electron chi connectivity index (χ1n) is 7.97. The molecule has 126 valence electrons. The number of hydrogen-bond donors (Lipinski definition) is 1. The fourth-order valence-corrected chi connectivity index (χ4v) is 4.06. The molecule has 3 aromatic rings. The number of thioether (sulfide) groups is 1. The summed E-state index contributed by atoms with van der Waals surface area (Å²) in [6.07, 6.45) is 2.02. The quantitative estimate of drug-likeness (QED) is 0.645. The van der Waals surface area contributed by atoms with Crippen molar-refractivity contribution < 1.29 is 0 Å². The molecule has 0 radical (unpaired) electrons. The SMILES string of the molecule is CCCCn1c(SCc2csc(-c3ccc(C)cc3)n2)n[nH]c1=O. The van der Waals surface area contributed by atoms with Crippen LogP contribution < -0.4 is 5.69 Å². The lowest BCUT2D eigenvalue weighted by Crippen LogP contribution is -2.17. The van der Waals surface area contributed by atoms with Gasteiger partial charge in [0, 0.05) is 23.2 Å². The van der Waals surface area contributed by atoms with Crippen molar-refractivity contribution in [2.24, 2.45) is 0 Å². The molecule has 0 fully saturated rings. The second-order valence-corrected chi connectivity index (χ2v) is 7.42. The second-order valence-electron chi connectivity index (χ2n) is 5.62. The van der Waals surface area contributed by atoms with E-state index in [0.717, 1.165) is 34.3 Å². The average Bonchev–Trinajstić information content (AvgIpc) is 3.19. The lowest BCUT2D eigenvalue weighted by Gasteiger charge is -2.03. The predicted octanol–water partition coefficient (Wildman–Crippen LogP) is 4.10. The van der Waals surface area contributed by atoms with Crippen LogP contribution >= 0.6 is 23.1 Å². The Kier molecular flexibility index (Phi) is 5.52. The van der Waals surface area contributed by atoms with Crippen LogP contribution in [0.25, 0.3) is 10.6 Å². The van der Waals surface area contributed by atoms with E-state index in [9.17, 15) is 4.79 Å². The van der Waals surface area contributed by atoms with Gasteiger partial charge in [0.15, 0.2) is 5.16 Å². The van der Waals surface area contributed by atoms with Gasteiger partial charge in [-0.2, -0.15) is 0 Å². The largest absolute Gasteiger partial charge is 0.343 e. The molecule has 0 unspecified atom stereocenters. The Morgan fingerprint density at radius 3 is 2.83 bits per heavy atom. The van der Waals surface area contributed by atoms with Crippen LogP contribution in [0.1, 0.15) is 31.0 Å². The van der Waals surface area contributed by atoms with Gasteiger partial charge in [-0.25, -0.2) is 14.9 Å². The number of H-pyrrole nitrogens is 1. The Labute approximate surface area is 149 Å². The number of nitrogens with one attached hydrogen (secondary N) is 1. The number of aryl methyl sites for hydroxylation is 1. The van der Waals surface area contributed by atoms with Crippen molar-refractivity contribution in [2.45, 2.75) is 44.1 Å². The molecule has 0 aliphatic rings. The van der Waals surface area contributed by atoms with Crippen LogP contribution in [0.5, 0.6) is 0 Å². The molecule has 2 aromatic heterocycles. The topological polar surface area (TPSA) is 63.6 Å². The maximum absolute atomic E-state index is 11.8. The number of aromatic nitrogens is 4. The molecule has 2 heterocycles. The van der Waals surface area contributed by atoms with E-state index in [1.807, 2.05) is 0 Å². The standard InChI is InChI=1S/C17H20N4OS2/c1-3-4-9-21-16(22)19-20-17(21)24-11-14-10-23-15(18-14)13-7-5-12(2)6-8-13/h5-8,10H,3-4,9,11H2,1-2H3,(H,19,22). The van der Waals surface area contributed by atoms with Crippen LogP contribution in [-0.2, 0) is 12.3 Å². The first-order valence-corrected chi connectivity index (χ1v) is 9.83. The summed E-state index contributed by atoms with van der Waals surface area (Å²) in [6.45, 7) is 4.90. The fraction of sp³-hybridized carbons (Fsp3) is 0.353. The molecule has 0 saturated heterocycles. The zero-order valence-corrected chi connectivity index (χ0v) is 15.4. The minimum Gasteiger partial charge on any atom is -0.270 e. The van der Waals surface area contributed by atoms with E-state index in [0.29, 0.717) is 12.3 Å². The molecule has 7 heteroatoms. The normalized spacial score (nSPS) is 11.1. The Hall–Kier alpha value is -1.86. The summed E-state index contributed by atoms with van der Waals surface area (Å²) in [5.41, 5.74) is 3.26. The van der Waals surface area contributed by atoms with Gasteiger partial charge in [0.1, 0.15) is 5.01 Å². The maximum Gasteiger partial charge on any atom is 0.343 e. The van der Waals surface area contributed by atoms with Gasteiger partial charge in [-0.05, 0) is 13.3 Å². The Morgan fingerprint density at radius 1 is 1.29 bits per heavy atom. The van der Waals surface area contributed by atoms with Crippen LogP contribution in [-0.4, -0.2) is 19.7 Å². The Morgan fingerprint density at radius 2 is 2.08 bits per heavy atom. The molecule has 0 spiro atoms. The van der Waals surface area contributed by atoms with Gasteiger partial charge in [0.25, 0.3) is 0 Å². The third kappa shape index (κ3) is 3.96. The smallest absolute Gasteiger partial charge is 0.270 e. The first-order chi connectivity index (χ1) is 11.7. The van der Waals surface area contributed by atoms with Crippen LogP contribution in [0, 0.1) is 6.92 Å². The Balaban J connectivity index is 1.68. The van der Waals surface area contributed by atoms with Crippen LogP contribution in [0.4, 0.5) is 0 Å². The molecule has 0 saturated carbocycles. The number of thiazole rings is 1. The Bertz CT molecular complexity index is 848. The molecule has 0 amide bonds. The molecule has 0 atom stereocenters. The van der Waals surface area contributed by atoms with Gasteiger partial charge in [0.05, 0.1) is 5.69 Å². The van der Waals surface area contributed by atoms with E-state index in [-0.39, 0.29) is 5.69 Å². The van der Waals surface area contributed by atoms with Gasteiger partial charge in [0.2, 0.25) is 0 Å². The summed E-state index contributed by atoms with van der Waals surface area (Å²) in [4.78, 5) is 16.5. The minimum atomic E-state index is -0.135. The molecule has 0 bridgehead atoms. The summed E-state index contributed by atoms with van der Waals surface area (Å²) >= 11 is 3.19. The highest BCUT2D eigenvalue weighted by Crippen LogP contribution is 2.27. The third-order valence-corrected chi connectivity index (χ3v) is 5.61. The second kappa shape index (κ2) is 7.81. The third-order valence-electron chi connectivity index (χ3n) is 3.66. The van der Waals surface area contributed by atoms with Crippen LogP contribution in [0.15, 0.2) is 39.6 Å². The highest BCUT2D eigenvalue weighted by atomic mass is 32.2. The number of nitrogens with zero attached hydrogens (tertiary/aromatic N) is 3. The van der Waals surface area contributed by atoms with Crippen LogP contribution in [0.2, 0.25) is 0 Å². The van der Waals surface area contributed by atoms with Gasteiger partial charge in [-0.15, -0.1) is 16.4 Å². The molecular formula is C17H20N4OS2. The summed E-state index contributed by atoms with van der Waals surface area (Å²) in [5.74, 6) is 0.707. The van der Waals surface area contributed by atoms with Gasteiger partial charge < -0.3 is 0 Å². The molecule has 5 nitrogen and oxygen atoms in total. The number of aromatic amines is 1. The molecule has 1 aromatic carbocycles. The number of rotatable bonds is 7. The van der Waals surface area contributed by atoms with Crippen molar-refractivity contribution >= 4 is 23.1 Å².